The summed E-state index contributed by atoms with van der Waals surface area (Å²) in [5.41, 5.74) is 7.24. The number of hydrogen-bond donors (Lipinski definition) is 2. The smallest absolute Gasteiger partial charge is 0.399 e. The highest BCUT2D eigenvalue weighted by atomic mass is 32.1. The second-order valence-corrected chi connectivity index (χ2v) is 9.52. The van der Waals surface area contributed by atoms with Crippen molar-refractivity contribution >= 4 is 49.0 Å². The molecule has 0 atom stereocenters. The molecule has 0 aromatic heterocycles. The van der Waals surface area contributed by atoms with Gasteiger partial charge in [0.15, 0.2) is 0 Å². The van der Waals surface area contributed by atoms with Crippen LogP contribution in [0.15, 0.2) is 12.1 Å². The molecule has 2 aliphatic rings. The summed E-state index contributed by atoms with van der Waals surface area (Å²) < 4.78 is 27.4. The summed E-state index contributed by atoms with van der Waals surface area (Å²) in [5.74, 6) is 0. The van der Waals surface area contributed by atoms with Gasteiger partial charge in [-0.25, -0.2) is 0 Å². The molecule has 0 spiro atoms. The zero-order valence-electron chi connectivity index (χ0n) is 17.4. The van der Waals surface area contributed by atoms with Gasteiger partial charge >= 0.3 is 14.2 Å². The van der Waals surface area contributed by atoms with Gasteiger partial charge in [0.2, 0.25) is 5.69 Å². The van der Waals surface area contributed by atoms with E-state index in [2.05, 4.69) is 4.36 Å². The summed E-state index contributed by atoms with van der Waals surface area (Å²) >= 11 is 5.15. The number of hydrogen-bond acceptors (Lipinski definition) is 6. The monoisotopic (exact) mass is 391 g/mol. The van der Waals surface area contributed by atoms with Crippen LogP contribution < -0.4 is 21.0 Å². The maximum atomic E-state index is 6.45. The minimum absolute atomic E-state index is 0.448. The Morgan fingerprint density at radius 1 is 0.741 bits per heavy atom. The molecule has 3 rings (SSSR count). The van der Waals surface area contributed by atoms with Crippen LogP contribution in [0.2, 0.25) is 0 Å². The van der Waals surface area contributed by atoms with Gasteiger partial charge in [-0.2, -0.15) is 0 Å². The highest BCUT2D eigenvalue weighted by Crippen LogP contribution is 2.38. The molecule has 2 saturated heterocycles. The molecular formula is C18H29B2N2O4S+. The third-order valence-electron chi connectivity index (χ3n) is 6.43. The highest BCUT2D eigenvalue weighted by Gasteiger charge is 2.55. The zero-order chi connectivity index (χ0) is 20.4. The Bertz CT molecular complexity index is 751. The highest BCUT2D eigenvalue weighted by molar-refractivity contribution is 7.44. The molecule has 0 saturated carbocycles. The van der Waals surface area contributed by atoms with Gasteiger partial charge in [-0.3, -0.25) is 0 Å². The van der Waals surface area contributed by atoms with E-state index in [9.17, 15) is 0 Å². The summed E-state index contributed by atoms with van der Waals surface area (Å²) in [7, 11) is -1.13. The van der Waals surface area contributed by atoms with Crippen molar-refractivity contribution in [2.75, 3.05) is 5.73 Å². The first-order valence-corrected chi connectivity index (χ1v) is 9.65. The molecule has 2 aliphatic heterocycles. The lowest BCUT2D eigenvalue weighted by atomic mass is 9.71. The Morgan fingerprint density at radius 2 is 1.07 bits per heavy atom. The largest absolute Gasteiger partial charge is 0.501 e. The van der Waals surface area contributed by atoms with E-state index < -0.39 is 36.6 Å². The normalized spacial score (nSPS) is 25.0. The zero-order valence-corrected chi connectivity index (χ0v) is 18.2. The fourth-order valence-electron chi connectivity index (χ4n) is 3.11. The molecule has 146 valence electrons. The van der Waals surface area contributed by atoms with Gasteiger partial charge in [-0.15, -0.1) is 4.36 Å². The molecule has 6 nitrogen and oxygen atoms in total. The molecule has 27 heavy (non-hydrogen) atoms. The molecule has 9 heteroatoms. The Labute approximate surface area is 167 Å². The first-order chi connectivity index (χ1) is 12.2. The minimum Gasteiger partial charge on any atom is -0.399 e. The lowest BCUT2D eigenvalue weighted by Gasteiger charge is -2.32. The van der Waals surface area contributed by atoms with Crippen LogP contribution in [0.5, 0.6) is 0 Å². The van der Waals surface area contributed by atoms with Crippen molar-refractivity contribution in [3.8, 4) is 0 Å². The molecular weight excluding hydrogens is 362 g/mol. The number of nitrogen functional groups attached to an aromatic ring is 1. The van der Waals surface area contributed by atoms with Crippen molar-refractivity contribution in [2.24, 2.45) is 0 Å². The van der Waals surface area contributed by atoms with E-state index in [0.29, 0.717) is 11.4 Å². The maximum absolute atomic E-state index is 6.45. The predicted molar refractivity (Wildman–Crippen MR) is 110 cm³/mol. The molecule has 1 aromatic rings. The van der Waals surface area contributed by atoms with Crippen LogP contribution in [-0.2, 0) is 31.0 Å². The molecule has 1 aromatic carbocycles. The van der Waals surface area contributed by atoms with Crippen LogP contribution in [0.3, 0.4) is 0 Å². The standard InChI is InChI=1S/C18H28B2N2O4S/c1-15(2)16(3,4)24-19(23-15)11-9-10-12(14(22-27)13(11)21)20-25-17(5,6)18(7,8)26-20/h9-10H,21H2,1-8H3/p+1. The second-order valence-electron chi connectivity index (χ2n) is 9.31. The fourth-order valence-corrected chi connectivity index (χ4v) is 3.34. The number of anilines is 1. The van der Waals surface area contributed by atoms with Gasteiger partial charge in [0.25, 0.3) is 12.4 Å². The van der Waals surface area contributed by atoms with Crippen LogP contribution in [-0.4, -0.2) is 36.6 Å². The van der Waals surface area contributed by atoms with Gasteiger partial charge in [-0.1, -0.05) is 12.1 Å². The van der Waals surface area contributed by atoms with Crippen molar-refractivity contribution in [3.05, 3.63) is 12.1 Å². The van der Waals surface area contributed by atoms with Gasteiger partial charge in [-0.05, 0) is 55.4 Å². The van der Waals surface area contributed by atoms with Gasteiger partial charge in [0, 0.05) is 5.46 Å². The lowest BCUT2D eigenvalue weighted by Crippen LogP contribution is -2.63. The average Bonchev–Trinajstić information content (AvgIpc) is 2.86. The maximum Gasteiger partial charge on any atom is 0.501 e. The van der Waals surface area contributed by atoms with E-state index in [-0.39, 0.29) is 0 Å². The van der Waals surface area contributed by atoms with E-state index >= 15 is 0 Å². The van der Waals surface area contributed by atoms with E-state index in [0.717, 1.165) is 10.9 Å². The number of nitrogens with one attached hydrogen (secondary N) is 1. The SMILES string of the molecule is CC1(C)OB(c2ccc(B3OC(C)(C)C(C)(C)O3)c([NH+]=S)c2N)OC1(C)C. The summed E-state index contributed by atoms with van der Waals surface area (Å²) in [5, 5.41) is 0. The van der Waals surface area contributed by atoms with Crippen LogP contribution >= 0.6 is 0 Å². The summed E-state index contributed by atoms with van der Waals surface area (Å²) in [4.78, 5) is 0. The molecule has 0 radical (unpaired) electrons. The van der Waals surface area contributed by atoms with Crippen LogP contribution in [0.4, 0.5) is 11.4 Å². The van der Waals surface area contributed by atoms with Gasteiger partial charge in [0.1, 0.15) is 5.69 Å². The van der Waals surface area contributed by atoms with Gasteiger partial charge in [0.05, 0.1) is 27.9 Å². The molecule has 0 unspecified atom stereocenters. The van der Waals surface area contributed by atoms with E-state index in [1.807, 2.05) is 67.5 Å². The second kappa shape index (κ2) is 6.26. The Kier molecular flexibility index (Phi) is 4.80. The third kappa shape index (κ3) is 3.23. The predicted octanol–water partition coefficient (Wildman–Crippen LogP) is 0.310. The topological polar surface area (TPSA) is 76.9 Å². The molecule has 0 amide bonds. The van der Waals surface area contributed by atoms with Crippen LogP contribution in [0.1, 0.15) is 55.4 Å². The van der Waals surface area contributed by atoms with Gasteiger partial charge < -0.3 is 24.4 Å². The fraction of sp³-hybridized carbons (Fsp3) is 0.667. The Balaban J connectivity index is 1.98. The first kappa shape index (κ1) is 20.7. The Hall–Kier alpha value is -0.990. The quantitative estimate of drug-likeness (QED) is 0.571. The van der Waals surface area contributed by atoms with Crippen molar-refractivity contribution in [2.45, 2.75) is 77.8 Å². The molecule has 3 N–H and O–H groups in total. The van der Waals surface area contributed by atoms with E-state index in [1.165, 1.54) is 0 Å². The van der Waals surface area contributed by atoms with Crippen molar-refractivity contribution in [1.82, 2.24) is 0 Å². The molecule has 2 fully saturated rings. The lowest BCUT2D eigenvalue weighted by molar-refractivity contribution is -0.313. The van der Waals surface area contributed by atoms with Crippen molar-refractivity contribution in [1.29, 1.82) is 0 Å². The summed E-state index contributed by atoms with van der Waals surface area (Å²) in [6.45, 7) is 16.1. The number of benzene rings is 1. The molecule has 2 heterocycles. The minimum atomic E-state index is -0.565. The van der Waals surface area contributed by atoms with E-state index in [4.69, 9.17) is 36.8 Å². The van der Waals surface area contributed by atoms with Crippen LogP contribution in [0, 0.1) is 0 Å². The first-order valence-electron chi connectivity index (χ1n) is 9.24. The Morgan fingerprint density at radius 3 is 1.44 bits per heavy atom. The number of nitrogens with two attached hydrogens (primary N) is 1. The van der Waals surface area contributed by atoms with Crippen LogP contribution in [0.25, 0.3) is 0 Å². The molecule has 0 aliphatic carbocycles. The number of rotatable bonds is 3. The third-order valence-corrected chi connectivity index (χ3v) is 6.63. The van der Waals surface area contributed by atoms with E-state index in [1.54, 1.807) is 0 Å². The summed E-state index contributed by atoms with van der Waals surface area (Å²) in [6, 6.07) is 3.81. The van der Waals surface area contributed by atoms with Crippen molar-refractivity contribution < 1.29 is 23.0 Å². The molecule has 0 bridgehead atoms. The summed E-state index contributed by atoms with van der Waals surface area (Å²) in [6.07, 6.45) is 0. The average molecular weight is 391 g/mol. The van der Waals surface area contributed by atoms with Crippen molar-refractivity contribution in [3.63, 3.8) is 0 Å².